The maximum absolute atomic E-state index is 12.7. The molecule has 0 spiro atoms. The van der Waals surface area contributed by atoms with Gasteiger partial charge < -0.3 is 47.4 Å². The lowest BCUT2D eigenvalue weighted by Gasteiger charge is -2.19. The molecule has 0 fully saturated rings. The highest BCUT2D eigenvalue weighted by Crippen LogP contribution is 2.38. The van der Waals surface area contributed by atoms with E-state index < -0.39 is 23.5 Å². The van der Waals surface area contributed by atoms with Crippen molar-refractivity contribution >= 4 is 63.3 Å². The fourth-order valence-corrected chi connectivity index (χ4v) is 13.7. The van der Waals surface area contributed by atoms with Gasteiger partial charge in [-0.05, 0) is 134 Å². The Bertz CT molecular complexity index is 6790. The normalized spacial score (nSPS) is 12.8. The molecule has 10 aromatic heterocycles. The topological polar surface area (TPSA) is 456 Å². The summed E-state index contributed by atoms with van der Waals surface area (Å²) in [6.45, 7) is 25.5. The molecule has 0 atom stereocenters. The molecule has 40 nitrogen and oxygen atoms in total. The molecule has 1 N–H and O–H groups in total. The van der Waals surface area contributed by atoms with Gasteiger partial charge in [0, 0.05) is 67.8 Å². The fourth-order valence-electron chi connectivity index (χ4n) is 13.7. The highest BCUT2D eigenvalue weighted by Gasteiger charge is 2.35. The number of ether oxygens (including phenoxy) is 5. The Morgan fingerprint density at radius 3 is 1.54 bits per heavy atom. The lowest BCUT2D eigenvalue weighted by molar-refractivity contribution is 0.00599. The van der Waals surface area contributed by atoms with E-state index in [2.05, 4.69) is 119 Å². The number of fused-ring (bicyclic) bond motifs is 13. The van der Waals surface area contributed by atoms with Crippen molar-refractivity contribution in [3.05, 3.63) is 219 Å². The van der Waals surface area contributed by atoms with Gasteiger partial charge in [0.1, 0.15) is 54.6 Å². The number of amides is 3. The number of carbonyl (C=O) groups is 6. The number of aromatic nitrogens is 19. The summed E-state index contributed by atoms with van der Waals surface area (Å²) in [6.07, 6.45) is 20.6. The number of nitrogens with one attached hydrogen (secondary N) is 1. The molecule has 127 heavy (non-hydrogen) atoms. The molecule has 4 aliphatic heterocycles. The first-order chi connectivity index (χ1) is 60.8. The van der Waals surface area contributed by atoms with Gasteiger partial charge in [0.05, 0.1) is 114 Å². The largest absolute Gasteiger partial charge is 0.476 e. The van der Waals surface area contributed by atoms with E-state index in [1.165, 1.54) is 40.0 Å². The van der Waals surface area contributed by atoms with Gasteiger partial charge in [-0.25, -0.2) is 38.8 Å². The number of terminal acetylenes is 2. The van der Waals surface area contributed by atoms with Crippen LogP contribution in [-0.2, 0) is 52.9 Å². The van der Waals surface area contributed by atoms with E-state index in [4.69, 9.17) is 51.1 Å². The number of esters is 3. The highest BCUT2D eigenvalue weighted by molar-refractivity contribution is 6.02. The van der Waals surface area contributed by atoms with Gasteiger partial charge in [-0.1, -0.05) is 61.1 Å². The van der Waals surface area contributed by atoms with Crippen LogP contribution in [0.15, 0.2) is 159 Å². The molecule has 0 radical (unpaired) electrons. The van der Waals surface area contributed by atoms with Crippen LogP contribution in [0.25, 0.3) is 62.0 Å². The minimum absolute atomic E-state index is 0.157. The van der Waals surface area contributed by atoms with Crippen molar-refractivity contribution in [2.75, 3.05) is 47.5 Å². The summed E-state index contributed by atoms with van der Waals surface area (Å²) in [7, 11) is 6.81. The van der Waals surface area contributed by atoms with Crippen molar-refractivity contribution in [3.63, 3.8) is 0 Å². The van der Waals surface area contributed by atoms with Crippen LogP contribution < -0.4 is 14.4 Å². The Balaban J connectivity index is 0.000000134. The third-order valence-corrected chi connectivity index (χ3v) is 19.5. The van der Waals surface area contributed by atoms with Crippen LogP contribution in [0.5, 0.6) is 11.8 Å². The van der Waals surface area contributed by atoms with Crippen molar-refractivity contribution in [1.82, 2.24) is 113 Å². The van der Waals surface area contributed by atoms with E-state index in [1.54, 1.807) is 156 Å². The zero-order valence-electron chi connectivity index (χ0n) is 72.4. The average molecular weight is 1720 g/mol. The summed E-state index contributed by atoms with van der Waals surface area (Å²) >= 11 is 0. The smallest absolute Gasteiger partial charge is 0.359 e. The van der Waals surface area contributed by atoms with E-state index in [0.29, 0.717) is 132 Å². The third kappa shape index (κ3) is 19.0. The first-order valence-electron chi connectivity index (χ1n) is 39.7. The molecule has 0 bridgehead atoms. The minimum atomic E-state index is -0.625. The van der Waals surface area contributed by atoms with E-state index in [1.807, 2.05) is 65.1 Å². The van der Waals surface area contributed by atoms with Crippen LogP contribution in [0.4, 0.5) is 5.69 Å². The summed E-state index contributed by atoms with van der Waals surface area (Å²) < 4.78 is 47.6. The number of benzene rings is 4. The van der Waals surface area contributed by atoms with Gasteiger partial charge in [0.2, 0.25) is 28.3 Å². The number of allylic oxidation sites excluding steroid dienone is 1. The highest BCUT2D eigenvalue weighted by atomic mass is 16.6. The molecule has 0 saturated heterocycles. The molecular weight excluding hydrogens is 1630 g/mol. The molecule has 14 aromatic rings. The molecule has 4 aliphatic rings. The van der Waals surface area contributed by atoms with Crippen LogP contribution in [0.3, 0.4) is 0 Å². The maximum atomic E-state index is 12.7. The number of nitrogens with zero attached hydrogens (tertiary/aromatic N) is 26. The Hall–Kier alpha value is -16.4. The molecule has 3 amide bonds. The van der Waals surface area contributed by atoms with Crippen LogP contribution in [0, 0.1) is 44.1 Å². The van der Waals surface area contributed by atoms with Gasteiger partial charge in [-0.3, -0.25) is 32.8 Å². The molecule has 18 rings (SSSR count). The standard InChI is InChI=1S/C19H19N3O3.C17H20N8O2.C17H15N3O3.C15H15N6O3.C15H13N5O2.C4H6N2/c1-6-12-7-8-14-13(9-12)17(23)21(5)10-15-16(20-11-22(14)15)18(24)25-19(2,3)4;1-10-6-11(23-27-10)15-21-19-7-12-14(17(2,3)4)16(22-25(12)15)26-8-13-18-9-20-24(13)5;1-4-11-6-7-13-12(8-11)16(21)19(3)9-14-15(17(22)23-5-2)18-10-20(13)14;1-3-24-15(23)13-12-7-20(2)14(22)10-6-9(18-19-16)4-5-11(10)21(12)8-17-13;1-3-21-15-11-7-5-4-6-10(11)13-16-17-14(20(13)18-15)12-8-9(2)22-19-12;1-4-2-3-5-6-4/h1,7-9,11H,10H2,2-5H3;6-7,9H,8H2,1-5H3;1,6-8,10H,5,9H2,2-3H3;4-6,8,16H,3,7H2,1-2H3;4-8H,3H2,1-2H3;2H,3H2,1H3/q;;;+1;;. The summed E-state index contributed by atoms with van der Waals surface area (Å²) in [6, 6.07) is 26.7. The Morgan fingerprint density at radius 1 is 0.591 bits per heavy atom. The number of aryl methyl sites for hydroxylation is 3. The zero-order valence-corrected chi connectivity index (χ0v) is 72.4. The first kappa shape index (κ1) is 88.4. The quantitative estimate of drug-likeness (QED) is 0.0368. The van der Waals surface area contributed by atoms with Gasteiger partial charge in [-0.15, -0.1) is 38.3 Å². The van der Waals surface area contributed by atoms with Crippen molar-refractivity contribution in [3.8, 4) is 76.5 Å². The molecule has 648 valence electrons. The molecule has 0 saturated carbocycles. The Kier molecular flexibility index (Phi) is 26.1. The summed E-state index contributed by atoms with van der Waals surface area (Å²) in [5.74, 6) is 7.17. The Labute approximate surface area is 725 Å². The van der Waals surface area contributed by atoms with Crippen molar-refractivity contribution in [2.24, 2.45) is 22.4 Å². The maximum Gasteiger partial charge on any atom is 0.359 e. The monoisotopic (exact) mass is 1720 g/mol. The predicted molar refractivity (Wildman–Crippen MR) is 456 cm³/mol. The fraction of sp³-hybridized carbons (Fsp3) is 0.299. The van der Waals surface area contributed by atoms with Gasteiger partial charge in [0.15, 0.2) is 50.7 Å². The van der Waals surface area contributed by atoms with Crippen molar-refractivity contribution in [2.45, 2.75) is 120 Å². The second-order valence-electron chi connectivity index (χ2n) is 30.8. The lowest BCUT2D eigenvalue weighted by Crippen LogP contribution is -2.27. The first-order valence-corrected chi connectivity index (χ1v) is 39.7. The van der Waals surface area contributed by atoms with Crippen LogP contribution in [0.2, 0.25) is 0 Å². The van der Waals surface area contributed by atoms with Gasteiger partial charge >= 0.3 is 17.9 Å². The SMILES string of the molecule is C#Cc1ccc2c(c1)C(=O)N(C)Cc1c(C(=O)OC(C)(C)C)ncn1-2.C#Cc1ccc2c(c1)C(=O)N(C)Cc1c(C(=O)OCC)ncn1-2.CC1=CCN=N1.CCOC(=O)c1ncn2c1CN(C)C(=O)c1cc(N=[N+]=N)ccc1-2.CCOc1nn2c(-c3cc(C)on3)nnc2c2ccccc12.Cc1cc(-c2nncc3c(C(C)(C)C)c(OCc4ncnn4C)nn23)no1. The summed E-state index contributed by atoms with van der Waals surface area (Å²) in [5, 5.41) is 50.9. The summed E-state index contributed by atoms with van der Waals surface area (Å²) in [5.41, 5.74) is 17.9. The molecular formula is C87H88N27O13+. The van der Waals surface area contributed by atoms with Crippen LogP contribution in [-0.4, -0.2) is 197 Å². The number of hydrogen-bond donors (Lipinski definition) is 1. The molecule has 14 heterocycles. The predicted octanol–water partition coefficient (Wildman–Crippen LogP) is 11.9. The number of rotatable bonds is 13. The van der Waals surface area contributed by atoms with E-state index in [-0.39, 0.29) is 79.7 Å². The average Bonchev–Trinajstić information content (AvgIpc) is 1.56. The van der Waals surface area contributed by atoms with Gasteiger partial charge in [-0.2, -0.15) is 24.9 Å². The second kappa shape index (κ2) is 37.5. The molecule has 0 aliphatic carbocycles. The molecule has 40 heteroatoms. The number of azo groups is 1. The summed E-state index contributed by atoms with van der Waals surface area (Å²) in [4.78, 5) is 98.8. The molecule has 4 aromatic carbocycles. The van der Waals surface area contributed by atoms with Crippen molar-refractivity contribution < 1.29 is 61.5 Å². The lowest BCUT2D eigenvalue weighted by atomic mass is 9.88. The molecule has 0 unspecified atom stereocenters. The van der Waals surface area contributed by atoms with Crippen molar-refractivity contribution in [1.29, 1.82) is 5.53 Å². The second-order valence-corrected chi connectivity index (χ2v) is 30.8. The van der Waals surface area contributed by atoms with Crippen LogP contribution >= 0.6 is 0 Å². The van der Waals surface area contributed by atoms with Crippen LogP contribution in [0.1, 0.15) is 183 Å². The van der Waals surface area contributed by atoms with E-state index in [0.717, 1.165) is 34.1 Å². The van der Waals surface area contributed by atoms with Gasteiger partial charge in [0.25, 0.3) is 17.7 Å². The third-order valence-electron chi connectivity index (χ3n) is 19.5. The van der Waals surface area contributed by atoms with E-state index >= 15 is 0 Å². The Morgan fingerprint density at radius 2 is 1.09 bits per heavy atom. The minimum Gasteiger partial charge on any atom is -0.476 e. The van der Waals surface area contributed by atoms with E-state index in [9.17, 15) is 28.8 Å². The number of hydrogen-bond acceptors (Lipinski definition) is 30. The number of carbonyl (C=O) groups excluding carboxylic acids is 6. The zero-order chi connectivity index (χ0) is 90.9. The number of imidazole rings is 3.